The van der Waals surface area contributed by atoms with Gasteiger partial charge in [0.2, 0.25) is 15.9 Å². The molecular weight excluding hydrogens is 426 g/mol. The summed E-state index contributed by atoms with van der Waals surface area (Å²) in [6.45, 7) is 5.23. The summed E-state index contributed by atoms with van der Waals surface area (Å²) < 4.78 is 25.5. The van der Waals surface area contributed by atoms with Crippen molar-refractivity contribution in [3.8, 4) is 0 Å². The van der Waals surface area contributed by atoms with Gasteiger partial charge in [0.05, 0.1) is 6.42 Å². The zero-order valence-corrected chi connectivity index (χ0v) is 18.8. The van der Waals surface area contributed by atoms with Crippen molar-refractivity contribution < 1.29 is 18.0 Å². The van der Waals surface area contributed by atoms with E-state index in [1.807, 2.05) is 30.3 Å². The van der Waals surface area contributed by atoms with Gasteiger partial charge < -0.3 is 10.2 Å². The Morgan fingerprint density at radius 2 is 1.78 bits per heavy atom. The lowest BCUT2D eigenvalue weighted by molar-refractivity contribution is -0.120. The van der Waals surface area contributed by atoms with Gasteiger partial charge in [0.1, 0.15) is 0 Å². The molecule has 32 heavy (non-hydrogen) atoms. The Kier molecular flexibility index (Phi) is 8.19. The predicted octanol–water partition coefficient (Wildman–Crippen LogP) is 2.11. The first-order chi connectivity index (χ1) is 15.4. The van der Waals surface area contributed by atoms with Gasteiger partial charge >= 0.3 is 0 Å². The third-order valence-corrected chi connectivity index (χ3v) is 6.52. The van der Waals surface area contributed by atoms with Crippen molar-refractivity contribution in [1.82, 2.24) is 14.9 Å². The van der Waals surface area contributed by atoms with Crippen molar-refractivity contribution in [2.24, 2.45) is 5.92 Å². The molecule has 0 aliphatic carbocycles. The number of hydrogen-bond donors (Lipinski definition) is 2. The van der Waals surface area contributed by atoms with Crippen LogP contribution in [-0.2, 0) is 27.7 Å². The molecule has 2 N–H and O–H groups in total. The minimum atomic E-state index is -3.45. The summed E-state index contributed by atoms with van der Waals surface area (Å²) in [5.74, 6) is -0.0603. The van der Waals surface area contributed by atoms with Gasteiger partial charge in [-0.05, 0) is 42.0 Å². The van der Waals surface area contributed by atoms with E-state index in [1.54, 1.807) is 29.2 Å². The van der Waals surface area contributed by atoms with E-state index in [0.29, 0.717) is 25.2 Å². The minimum absolute atomic E-state index is 0.0515. The average molecular weight is 456 g/mol. The molecule has 8 heteroatoms. The molecule has 170 valence electrons. The van der Waals surface area contributed by atoms with E-state index in [4.69, 9.17) is 0 Å². The second-order valence-electron chi connectivity index (χ2n) is 7.93. The van der Waals surface area contributed by atoms with Gasteiger partial charge in [-0.3, -0.25) is 9.59 Å². The van der Waals surface area contributed by atoms with Crippen molar-refractivity contribution in [1.29, 1.82) is 0 Å². The fraction of sp³-hybridized carbons (Fsp3) is 0.333. The second kappa shape index (κ2) is 11.1. The van der Waals surface area contributed by atoms with Gasteiger partial charge in [-0.15, -0.1) is 0 Å². The molecule has 0 spiro atoms. The first-order valence-corrected chi connectivity index (χ1v) is 12.2. The maximum absolute atomic E-state index is 12.8. The van der Waals surface area contributed by atoms with Crippen LogP contribution >= 0.6 is 0 Å². The van der Waals surface area contributed by atoms with Crippen LogP contribution < -0.4 is 10.0 Å². The fourth-order valence-electron chi connectivity index (χ4n) is 3.66. The van der Waals surface area contributed by atoms with E-state index >= 15 is 0 Å². The quantitative estimate of drug-likeness (QED) is 0.574. The molecule has 0 radical (unpaired) electrons. The van der Waals surface area contributed by atoms with Gasteiger partial charge in [0.25, 0.3) is 5.91 Å². The predicted molar refractivity (Wildman–Crippen MR) is 124 cm³/mol. The number of hydrogen-bond acceptors (Lipinski definition) is 4. The van der Waals surface area contributed by atoms with Crippen LogP contribution in [0.1, 0.15) is 27.9 Å². The number of carbonyl (C=O) groups excluding carboxylic acids is 2. The van der Waals surface area contributed by atoms with E-state index in [9.17, 15) is 18.0 Å². The molecule has 1 saturated heterocycles. The van der Waals surface area contributed by atoms with Crippen LogP contribution in [0.25, 0.3) is 0 Å². The molecular formula is C24H29N3O4S. The van der Waals surface area contributed by atoms with Gasteiger partial charge in [-0.2, -0.15) is 0 Å². The maximum Gasteiger partial charge on any atom is 0.253 e. The number of amides is 2. The molecule has 0 unspecified atom stereocenters. The molecule has 0 aromatic heterocycles. The second-order valence-corrected chi connectivity index (χ2v) is 9.64. The van der Waals surface area contributed by atoms with Crippen LogP contribution in [-0.4, -0.2) is 51.3 Å². The highest BCUT2D eigenvalue weighted by Gasteiger charge is 2.27. The van der Waals surface area contributed by atoms with E-state index in [2.05, 4.69) is 16.6 Å². The Labute approximate surface area is 189 Å². The van der Waals surface area contributed by atoms with Crippen LogP contribution in [0.3, 0.4) is 0 Å². The van der Waals surface area contributed by atoms with E-state index < -0.39 is 10.0 Å². The number of carbonyl (C=O) groups is 2. The summed E-state index contributed by atoms with van der Waals surface area (Å²) in [4.78, 5) is 26.7. The molecule has 0 bridgehead atoms. The molecule has 3 rings (SSSR count). The van der Waals surface area contributed by atoms with E-state index in [-0.39, 0.29) is 30.7 Å². The number of sulfonamides is 1. The lowest BCUT2D eigenvalue weighted by Crippen LogP contribution is -2.32. The van der Waals surface area contributed by atoms with Crippen LogP contribution in [0.5, 0.6) is 0 Å². The molecule has 1 aliphatic heterocycles. The molecule has 0 saturated carbocycles. The number of nitrogens with zero attached hydrogens (tertiary/aromatic N) is 1. The molecule has 1 fully saturated rings. The maximum atomic E-state index is 12.8. The third-order valence-electron chi connectivity index (χ3n) is 5.51. The summed E-state index contributed by atoms with van der Waals surface area (Å²) >= 11 is 0. The van der Waals surface area contributed by atoms with Gasteiger partial charge in [-0.25, -0.2) is 13.1 Å². The lowest BCUT2D eigenvalue weighted by Gasteiger charge is -2.17. The molecule has 1 aliphatic rings. The van der Waals surface area contributed by atoms with Gasteiger partial charge in [-0.1, -0.05) is 49.0 Å². The first-order valence-electron chi connectivity index (χ1n) is 10.7. The molecule has 2 aromatic carbocycles. The number of benzene rings is 2. The monoisotopic (exact) mass is 455 g/mol. The Bertz CT molecular complexity index is 1040. The topological polar surface area (TPSA) is 95.6 Å². The number of likely N-dealkylation sites (tertiary alicyclic amines) is 1. The summed E-state index contributed by atoms with van der Waals surface area (Å²) in [5.41, 5.74) is 2.58. The van der Waals surface area contributed by atoms with Crippen LogP contribution in [0.4, 0.5) is 0 Å². The Morgan fingerprint density at radius 1 is 1.06 bits per heavy atom. The van der Waals surface area contributed by atoms with Crippen molar-refractivity contribution in [2.45, 2.75) is 19.3 Å². The normalized spacial score (nSPS) is 16.0. The summed E-state index contributed by atoms with van der Waals surface area (Å²) in [5, 5.41) is 3.81. The third kappa shape index (κ3) is 7.03. The Hall–Kier alpha value is -2.97. The van der Waals surface area contributed by atoms with Crippen LogP contribution in [0.15, 0.2) is 66.6 Å². The average Bonchev–Trinajstić information content (AvgIpc) is 3.28. The fourth-order valence-corrected chi connectivity index (χ4v) is 4.25. The summed E-state index contributed by atoms with van der Waals surface area (Å²) in [7, 11) is -3.45. The van der Waals surface area contributed by atoms with Crippen molar-refractivity contribution in [3.05, 3.63) is 83.3 Å². The van der Waals surface area contributed by atoms with Crippen LogP contribution in [0.2, 0.25) is 0 Å². The lowest BCUT2D eigenvalue weighted by atomic mass is 10.1. The van der Waals surface area contributed by atoms with Gasteiger partial charge in [0, 0.05) is 37.2 Å². The highest BCUT2D eigenvalue weighted by atomic mass is 32.2. The zero-order chi connectivity index (χ0) is 23.0. The minimum Gasteiger partial charge on any atom is -0.355 e. The molecule has 2 amide bonds. The molecule has 1 heterocycles. The Balaban J connectivity index is 1.44. The highest BCUT2D eigenvalue weighted by Crippen LogP contribution is 2.19. The zero-order valence-electron chi connectivity index (χ0n) is 18.0. The molecule has 2 aromatic rings. The molecule has 7 nitrogen and oxygen atoms in total. The van der Waals surface area contributed by atoms with E-state index in [0.717, 1.165) is 23.8 Å². The standard InChI is InChI=1S/C24H29N3O4S/c1-2-32(30,31)26-17-21-13-15-27(18-21)24(29)22-10-8-20(9-11-22)16-23(28)25-14-12-19-6-4-3-5-7-19/h2-11,21,26H,1,12-18H2,(H,25,28)/t21-/m1/s1. The number of rotatable bonds is 10. The number of nitrogens with one attached hydrogen (secondary N) is 2. The molecule has 1 atom stereocenters. The van der Waals surface area contributed by atoms with E-state index in [1.165, 1.54) is 5.56 Å². The first kappa shape index (κ1) is 23.7. The largest absolute Gasteiger partial charge is 0.355 e. The summed E-state index contributed by atoms with van der Waals surface area (Å²) in [6.07, 6.45) is 1.79. The van der Waals surface area contributed by atoms with Crippen LogP contribution in [0, 0.1) is 5.92 Å². The smallest absolute Gasteiger partial charge is 0.253 e. The highest BCUT2D eigenvalue weighted by molar-refractivity contribution is 7.92. The van der Waals surface area contributed by atoms with Crippen molar-refractivity contribution in [3.63, 3.8) is 0 Å². The van der Waals surface area contributed by atoms with Gasteiger partial charge in [0.15, 0.2) is 0 Å². The Morgan fingerprint density at radius 3 is 2.47 bits per heavy atom. The summed E-state index contributed by atoms with van der Waals surface area (Å²) in [6, 6.07) is 17.1. The van der Waals surface area contributed by atoms with Crippen molar-refractivity contribution >= 4 is 21.8 Å². The SMILES string of the molecule is C=CS(=O)(=O)NC[C@H]1CCN(C(=O)c2ccc(CC(=O)NCCc3ccccc3)cc2)C1. The van der Waals surface area contributed by atoms with Crippen molar-refractivity contribution in [2.75, 3.05) is 26.2 Å².